The Morgan fingerprint density at radius 2 is 1.86 bits per heavy atom. The Hall–Kier alpha value is -2.66. The smallest absolute Gasteiger partial charge is 0.227 e. The van der Waals surface area contributed by atoms with Gasteiger partial charge in [0.1, 0.15) is 0 Å². The van der Waals surface area contributed by atoms with Crippen LogP contribution in [0.1, 0.15) is 36.5 Å². The van der Waals surface area contributed by atoms with Gasteiger partial charge in [0.2, 0.25) is 11.8 Å². The molecule has 0 aromatic heterocycles. The number of carbonyl (C=O) groups is 2. The zero-order valence-corrected chi connectivity index (χ0v) is 17.0. The van der Waals surface area contributed by atoms with E-state index in [2.05, 4.69) is 46.7 Å². The number of para-hydroxylation sites is 1. The minimum Gasteiger partial charge on any atom is -0.355 e. The summed E-state index contributed by atoms with van der Waals surface area (Å²) < 4.78 is 0. The number of amides is 2. The van der Waals surface area contributed by atoms with Gasteiger partial charge in [-0.25, -0.2) is 0 Å². The van der Waals surface area contributed by atoms with Crippen LogP contribution in [0.5, 0.6) is 0 Å². The number of nitrogens with zero attached hydrogens (tertiary/aromatic N) is 1. The second-order valence-corrected chi connectivity index (χ2v) is 8.23. The van der Waals surface area contributed by atoms with Crippen LogP contribution in [0.15, 0.2) is 48.5 Å². The highest BCUT2D eigenvalue weighted by atomic mass is 16.2. The maximum atomic E-state index is 12.4. The average Bonchev–Trinajstić information content (AvgIpc) is 2.75. The fourth-order valence-corrected chi connectivity index (χ4v) is 4.32. The third-order valence-corrected chi connectivity index (χ3v) is 6.21. The number of anilines is 1. The highest BCUT2D eigenvalue weighted by Gasteiger charge is 2.26. The molecule has 2 aliphatic rings. The van der Waals surface area contributed by atoms with Crippen LogP contribution < -0.4 is 10.6 Å². The maximum Gasteiger partial charge on any atom is 0.227 e. The van der Waals surface area contributed by atoms with Crippen LogP contribution in [0.25, 0.3) is 0 Å². The predicted octanol–water partition coefficient (Wildman–Crippen LogP) is 3.14. The second-order valence-electron chi connectivity index (χ2n) is 8.23. The van der Waals surface area contributed by atoms with Crippen molar-refractivity contribution in [2.24, 2.45) is 5.92 Å². The minimum absolute atomic E-state index is 0.0249. The molecule has 0 fully saturated rings. The van der Waals surface area contributed by atoms with E-state index in [9.17, 15) is 9.59 Å². The Bertz CT molecular complexity index is 895. The van der Waals surface area contributed by atoms with Crippen molar-refractivity contribution >= 4 is 17.5 Å². The topological polar surface area (TPSA) is 61.4 Å². The molecule has 4 rings (SSSR count). The van der Waals surface area contributed by atoms with E-state index in [1.807, 2.05) is 24.3 Å². The Labute approximate surface area is 172 Å². The first-order valence-electron chi connectivity index (χ1n) is 10.6. The summed E-state index contributed by atoms with van der Waals surface area (Å²) in [6.45, 7) is 4.77. The summed E-state index contributed by atoms with van der Waals surface area (Å²) in [4.78, 5) is 27.1. The fraction of sp³-hybridized carbons (Fsp3) is 0.417. The lowest BCUT2D eigenvalue weighted by Gasteiger charge is -2.33. The van der Waals surface area contributed by atoms with Crippen molar-refractivity contribution in [1.82, 2.24) is 10.2 Å². The van der Waals surface area contributed by atoms with Gasteiger partial charge in [0.15, 0.2) is 0 Å². The van der Waals surface area contributed by atoms with E-state index in [1.165, 1.54) is 11.1 Å². The van der Waals surface area contributed by atoms with E-state index < -0.39 is 0 Å². The summed E-state index contributed by atoms with van der Waals surface area (Å²) in [6.07, 6.45) is 2.74. The number of rotatable bonds is 6. The van der Waals surface area contributed by atoms with E-state index in [0.717, 1.165) is 30.8 Å². The van der Waals surface area contributed by atoms with Crippen molar-refractivity contribution in [1.29, 1.82) is 0 Å². The molecular weight excluding hydrogens is 362 g/mol. The van der Waals surface area contributed by atoms with Crippen molar-refractivity contribution < 1.29 is 9.59 Å². The van der Waals surface area contributed by atoms with Crippen LogP contribution in [-0.4, -0.2) is 35.8 Å². The molecule has 5 heteroatoms. The quantitative estimate of drug-likeness (QED) is 0.795. The van der Waals surface area contributed by atoms with Crippen molar-refractivity contribution in [2.75, 3.05) is 18.4 Å². The zero-order chi connectivity index (χ0) is 20.2. The Morgan fingerprint density at radius 1 is 1.14 bits per heavy atom. The molecule has 0 aliphatic carbocycles. The molecule has 2 N–H and O–H groups in total. The lowest BCUT2D eigenvalue weighted by molar-refractivity contribution is -0.123. The first kappa shape index (κ1) is 19.6. The monoisotopic (exact) mass is 391 g/mol. The highest BCUT2D eigenvalue weighted by Crippen LogP contribution is 2.27. The molecule has 152 valence electrons. The highest BCUT2D eigenvalue weighted by molar-refractivity contribution is 5.96. The molecule has 0 saturated heterocycles. The van der Waals surface area contributed by atoms with Crippen molar-refractivity contribution in [3.8, 4) is 0 Å². The summed E-state index contributed by atoms with van der Waals surface area (Å²) in [6, 6.07) is 16.8. The molecule has 2 amide bonds. The van der Waals surface area contributed by atoms with E-state index in [4.69, 9.17) is 0 Å². The average molecular weight is 392 g/mol. The molecule has 29 heavy (non-hydrogen) atoms. The standard InChI is InChI=1S/C24H29N3O2/c1-17(27-13-12-18-6-2-3-8-21(18)16-27)15-25-23(28)11-10-20-14-19-7-4-5-9-22(19)26-24(20)29/h2-9,17,20H,10-16H2,1H3,(H,25,28)(H,26,29). The molecule has 2 aliphatic heterocycles. The number of benzene rings is 2. The maximum absolute atomic E-state index is 12.4. The molecule has 0 saturated carbocycles. The first-order chi connectivity index (χ1) is 14.1. The fourth-order valence-electron chi connectivity index (χ4n) is 4.32. The number of carbonyl (C=O) groups excluding carboxylic acids is 2. The van der Waals surface area contributed by atoms with Crippen LogP contribution in [-0.2, 0) is 29.0 Å². The van der Waals surface area contributed by atoms with E-state index in [1.54, 1.807) is 0 Å². The van der Waals surface area contributed by atoms with E-state index >= 15 is 0 Å². The SMILES string of the molecule is CC(CNC(=O)CCC1Cc2ccccc2NC1=O)N1CCc2ccccc2C1. The van der Waals surface area contributed by atoms with Gasteiger partial charge in [0.25, 0.3) is 0 Å². The Balaban J connectivity index is 1.22. The van der Waals surface area contributed by atoms with Gasteiger partial charge >= 0.3 is 0 Å². The zero-order valence-electron chi connectivity index (χ0n) is 17.0. The molecular formula is C24H29N3O2. The van der Waals surface area contributed by atoms with Crippen molar-refractivity contribution in [3.05, 3.63) is 65.2 Å². The van der Waals surface area contributed by atoms with Gasteiger partial charge < -0.3 is 10.6 Å². The van der Waals surface area contributed by atoms with Gasteiger partial charge in [-0.2, -0.15) is 0 Å². The summed E-state index contributed by atoms with van der Waals surface area (Å²) >= 11 is 0. The van der Waals surface area contributed by atoms with Crippen LogP contribution >= 0.6 is 0 Å². The largest absolute Gasteiger partial charge is 0.355 e. The van der Waals surface area contributed by atoms with Gasteiger partial charge in [-0.05, 0) is 48.9 Å². The predicted molar refractivity (Wildman–Crippen MR) is 115 cm³/mol. The van der Waals surface area contributed by atoms with E-state index in [0.29, 0.717) is 25.8 Å². The van der Waals surface area contributed by atoms with E-state index in [-0.39, 0.29) is 23.8 Å². The van der Waals surface area contributed by atoms with Crippen LogP contribution in [0.3, 0.4) is 0 Å². The second kappa shape index (κ2) is 8.78. The van der Waals surface area contributed by atoms with Gasteiger partial charge in [0, 0.05) is 43.7 Å². The Kier molecular flexibility index (Phi) is 5.95. The van der Waals surface area contributed by atoms with Crippen LogP contribution in [0.2, 0.25) is 0 Å². The molecule has 0 radical (unpaired) electrons. The molecule has 0 spiro atoms. The number of nitrogens with one attached hydrogen (secondary N) is 2. The lowest BCUT2D eigenvalue weighted by Crippen LogP contribution is -2.44. The first-order valence-corrected chi connectivity index (χ1v) is 10.6. The Morgan fingerprint density at radius 3 is 2.69 bits per heavy atom. The molecule has 2 heterocycles. The third-order valence-electron chi connectivity index (χ3n) is 6.21. The molecule has 0 bridgehead atoms. The number of hydrogen-bond donors (Lipinski definition) is 2. The molecule has 5 nitrogen and oxygen atoms in total. The molecule has 2 aromatic rings. The van der Waals surface area contributed by atoms with Crippen molar-refractivity contribution in [2.45, 2.75) is 45.2 Å². The van der Waals surface area contributed by atoms with Gasteiger partial charge in [-0.15, -0.1) is 0 Å². The van der Waals surface area contributed by atoms with Gasteiger partial charge in [-0.1, -0.05) is 42.5 Å². The normalized spacial score (nSPS) is 19.6. The summed E-state index contributed by atoms with van der Waals surface area (Å²) in [5.74, 6) is -0.0792. The third kappa shape index (κ3) is 4.67. The number of hydrogen-bond acceptors (Lipinski definition) is 3. The lowest BCUT2D eigenvalue weighted by atomic mass is 9.89. The minimum atomic E-state index is -0.133. The molecule has 2 aromatic carbocycles. The summed E-state index contributed by atoms with van der Waals surface area (Å²) in [5, 5.41) is 6.02. The van der Waals surface area contributed by atoms with Gasteiger partial charge in [0.05, 0.1) is 0 Å². The molecule has 2 atom stereocenters. The summed E-state index contributed by atoms with van der Waals surface area (Å²) in [5.41, 5.74) is 4.87. The van der Waals surface area contributed by atoms with Crippen LogP contribution in [0, 0.1) is 5.92 Å². The number of fused-ring (bicyclic) bond motifs is 2. The van der Waals surface area contributed by atoms with Gasteiger partial charge in [-0.3, -0.25) is 14.5 Å². The molecule has 2 unspecified atom stereocenters. The van der Waals surface area contributed by atoms with Crippen LogP contribution in [0.4, 0.5) is 5.69 Å². The van der Waals surface area contributed by atoms with Crippen molar-refractivity contribution in [3.63, 3.8) is 0 Å². The summed E-state index contributed by atoms with van der Waals surface area (Å²) in [7, 11) is 0.